The van der Waals surface area contributed by atoms with Gasteiger partial charge in [-0.3, -0.25) is 5.10 Å². The summed E-state index contributed by atoms with van der Waals surface area (Å²) in [6.45, 7) is 2.03. The summed E-state index contributed by atoms with van der Waals surface area (Å²) in [5.74, 6) is 1.18. The minimum atomic E-state index is -0.356. The Bertz CT molecular complexity index is 1470. The minimum absolute atomic E-state index is 0.356. The number of fused-ring (bicyclic) bond motifs is 2. The Morgan fingerprint density at radius 2 is 1.85 bits per heavy atom. The molecule has 4 heterocycles. The molecule has 8 heteroatoms. The first-order valence-corrected chi connectivity index (χ1v) is 11.1. The Morgan fingerprint density at radius 3 is 2.70 bits per heavy atom. The Hall–Kier alpha value is -3.78. The summed E-state index contributed by atoms with van der Waals surface area (Å²) in [6.07, 6.45) is 2.16. The number of para-hydroxylation sites is 1. The van der Waals surface area contributed by atoms with Gasteiger partial charge < -0.3 is 15.0 Å². The van der Waals surface area contributed by atoms with Crippen molar-refractivity contribution in [2.45, 2.75) is 18.8 Å². The maximum absolute atomic E-state index is 14.2. The zero-order chi connectivity index (χ0) is 22.4. The van der Waals surface area contributed by atoms with Crippen LogP contribution in [0.15, 0.2) is 48.5 Å². The van der Waals surface area contributed by atoms with Gasteiger partial charge in [0.05, 0.1) is 23.7 Å². The number of nitrogens with one attached hydrogen (secondary N) is 3. The second-order valence-corrected chi connectivity index (χ2v) is 8.40. The van der Waals surface area contributed by atoms with Crippen LogP contribution >= 0.6 is 0 Å². The molecule has 0 bridgehead atoms. The van der Waals surface area contributed by atoms with E-state index in [0.717, 1.165) is 59.3 Å². The van der Waals surface area contributed by atoms with Crippen molar-refractivity contribution in [2.75, 3.05) is 20.2 Å². The number of methoxy groups -OCH3 is 1. The predicted molar refractivity (Wildman–Crippen MR) is 126 cm³/mol. The first-order chi connectivity index (χ1) is 16.2. The van der Waals surface area contributed by atoms with E-state index in [9.17, 15) is 4.39 Å². The van der Waals surface area contributed by atoms with Crippen molar-refractivity contribution in [3.63, 3.8) is 0 Å². The van der Waals surface area contributed by atoms with E-state index >= 15 is 0 Å². The summed E-state index contributed by atoms with van der Waals surface area (Å²) in [5.41, 5.74) is 6.55. The third kappa shape index (κ3) is 3.52. The molecule has 0 spiro atoms. The van der Waals surface area contributed by atoms with E-state index in [1.54, 1.807) is 0 Å². The van der Waals surface area contributed by atoms with E-state index in [2.05, 4.69) is 26.6 Å². The molecular weight excluding hydrogens is 419 g/mol. The average Bonchev–Trinajstić information content (AvgIpc) is 3.47. The van der Waals surface area contributed by atoms with Crippen LogP contribution in [-0.4, -0.2) is 45.3 Å². The first-order valence-electron chi connectivity index (χ1n) is 11.1. The normalized spacial score (nSPS) is 14.8. The number of benzene rings is 2. The lowest BCUT2D eigenvalue weighted by molar-refractivity contribution is 0.411. The molecule has 5 aromatic rings. The van der Waals surface area contributed by atoms with Crippen LogP contribution in [0.5, 0.6) is 5.75 Å². The van der Waals surface area contributed by atoms with Crippen molar-refractivity contribution in [1.82, 2.24) is 30.5 Å². The number of aromatic amines is 2. The first kappa shape index (κ1) is 19.9. The maximum Gasteiger partial charge on any atom is 0.161 e. The molecule has 0 aliphatic carbocycles. The van der Waals surface area contributed by atoms with E-state index < -0.39 is 0 Å². The SMILES string of the molecule is COc1cc(F)cc(-c2cccc3[nH]c(-c4n[nH]c5ccc(C6CCNCC6)nc45)nc23)c1. The Balaban J connectivity index is 1.46. The molecule has 3 aromatic heterocycles. The van der Waals surface area contributed by atoms with Crippen molar-refractivity contribution in [1.29, 1.82) is 0 Å². The Kier molecular flexibility index (Phi) is 4.80. The molecule has 6 rings (SSSR count). The molecule has 0 radical (unpaired) electrons. The van der Waals surface area contributed by atoms with Gasteiger partial charge in [-0.15, -0.1) is 0 Å². The number of aromatic nitrogens is 5. The number of hydrogen-bond donors (Lipinski definition) is 3. The number of rotatable bonds is 4. The molecule has 1 aliphatic heterocycles. The zero-order valence-corrected chi connectivity index (χ0v) is 18.2. The van der Waals surface area contributed by atoms with Gasteiger partial charge in [-0.25, -0.2) is 14.4 Å². The molecule has 1 fully saturated rings. The molecule has 0 amide bonds. The summed E-state index contributed by atoms with van der Waals surface area (Å²) in [5, 5.41) is 11.0. The Morgan fingerprint density at radius 1 is 0.970 bits per heavy atom. The molecule has 33 heavy (non-hydrogen) atoms. The van der Waals surface area contributed by atoms with Crippen LogP contribution in [0.4, 0.5) is 4.39 Å². The highest BCUT2D eigenvalue weighted by molar-refractivity contribution is 5.96. The lowest BCUT2D eigenvalue weighted by atomic mass is 9.94. The second-order valence-electron chi connectivity index (χ2n) is 8.40. The third-order valence-electron chi connectivity index (χ3n) is 6.34. The van der Waals surface area contributed by atoms with Crippen molar-refractivity contribution >= 4 is 22.1 Å². The molecule has 0 saturated carbocycles. The van der Waals surface area contributed by atoms with E-state index in [4.69, 9.17) is 14.7 Å². The number of nitrogens with zero attached hydrogens (tertiary/aromatic N) is 3. The van der Waals surface area contributed by atoms with Crippen LogP contribution in [0, 0.1) is 5.82 Å². The van der Waals surface area contributed by atoms with Crippen LogP contribution in [0.1, 0.15) is 24.5 Å². The second kappa shape index (κ2) is 7.97. The molecule has 0 atom stereocenters. The molecule has 2 aromatic carbocycles. The Labute approximate surface area is 189 Å². The molecule has 3 N–H and O–H groups in total. The summed E-state index contributed by atoms with van der Waals surface area (Å²) < 4.78 is 19.4. The van der Waals surface area contributed by atoms with Crippen LogP contribution < -0.4 is 10.1 Å². The highest BCUT2D eigenvalue weighted by Gasteiger charge is 2.20. The fourth-order valence-electron chi connectivity index (χ4n) is 4.64. The largest absolute Gasteiger partial charge is 0.497 e. The van der Waals surface area contributed by atoms with Crippen molar-refractivity contribution < 1.29 is 9.13 Å². The zero-order valence-electron chi connectivity index (χ0n) is 18.2. The molecule has 0 unspecified atom stereocenters. The van der Waals surface area contributed by atoms with Crippen molar-refractivity contribution in [3.05, 3.63) is 60.0 Å². The number of hydrogen-bond acceptors (Lipinski definition) is 5. The van der Waals surface area contributed by atoms with Gasteiger partial charge >= 0.3 is 0 Å². The van der Waals surface area contributed by atoms with E-state index in [1.807, 2.05) is 30.3 Å². The number of ether oxygens (including phenoxy) is 1. The smallest absolute Gasteiger partial charge is 0.161 e. The lowest BCUT2D eigenvalue weighted by Crippen LogP contribution is -2.27. The van der Waals surface area contributed by atoms with Gasteiger partial charge in [-0.1, -0.05) is 12.1 Å². The van der Waals surface area contributed by atoms with Crippen LogP contribution in [-0.2, 0) is 0 Å². The number of pyridine rings is 1. The van der Waals surface area contributed by atoms with Gasteiger partial charge in [0.15, 0.2) is 11.5 Å². The number of H-pyrrole nitrogens is 2. The van der Waals surface area contributed by atoms with E-state index in [1.165, 1.54) is 19.2 Å². The average molecular weight is 442 g/mol. The number of halogens is 1. The highest BCUT2D eigenvalue weighted by atomic mass is 19.1. The van der Waals surface area contributed by atoms with Gasteiger partial charge in [0.25, 0.3) is 0 Å². The van der Waals surface area contributed by atoms with Crippen LogP contribution in [0.25, 0.3) is 44.7 Å². The minimum Gasteiger partial charge on any atom is -0.497 e. The predicted octanol–water partition coefficient (Wildman–Crippen LogP) is 4.78. The quantitative estimate of drug-likeness (QED) is 0.373. The van der Waals surface area contributed by atoms with Crippen LogP contribution in [0.2, 0.25) is 0 Å². The molecule has 1 saturated heterocycles. The summed E-state index contributed by atoms with van der Waals surface area (Å²) in [7, 11) is 1.53. The summed E-state index contributed by atoms with van der Waals surface area (Å²) in [6, 6.07) is 14.6. The van der Waals surface area contributed by atoms with E-state index in [0.29, 0.717) is 28.7 Å². The number of imidazole rings is 1. The van der Waals surface area contributed by atoms with Gasteiger partial charge in [0, 0.05) is 23.2 Å². The molecule has 1 aliphatic rings. The topological polar surface area (TPSA) is 91.5 Å². The van der Waals surface area contributed by atoms with Gasteiger partial charge in [-0.2, -0.15) is 5.10 Å². The summed E-state index contributed by atoms with van der Waals surface area (Å²) in [4.78, 5) is 13.2. The standard InChI is InChI=1S/C25H23FN6O/c1-33-17-12-15(11-16(26)13-17)18-3-2-4-20-22(18)30-25(29-20)24-23-21(31-32-24)6-5-19(28-23)14-7-9-27-10-8-14/h2-6,11-14,27H,7-10H2,1H3,(H,29,30)(H,31,32). The highest BCUT2D eigenvalue weighted by Crippen LogP contribution is 2.34. The van der Waals surface area contributed by atoms with Gasteiger partial charge in [0.2, 0.25) is 0 Å². The molecular formula is C25H23FN6O. The lowest BCUT2D eigenvalue weighted by Gasteiger charge is -2.22. The van der Waals surface area contributed by atoms with E-state index in [-0.39, 0.29) is 5.82 Å². The molecule has 166 valence electrons. The maximum atomic E-state index is 14.2. The van der Waals surface area contributed by atoms with Crippen molar-refractivity contribution in [3.8, 4) is 28.4 Å². The van der Waals surface area contributed by atoms with Crippen LogP contribution in [0.3, 0.4) is 0 Å². The monoisotopic (exact) mass is 442 g/mol. The van der Waals surface area contributed by atoms with Gasteiger partial charge in [-0.05, 0) is 61.8 Å². The molecule has 7 nitrogen and oxygen atoms in total. The third-order valence-corrected chi connectivity index (χ3v) is 6.34. The number of piperidine rings is 1. The van der Waals surface area contributed by atoms with Gasteiger partial charge in [0.1, 0.15) is 17.1 Å². The fourth-order valence-corrected chi connectivity index (χ4v) is 4.64. The summed E-state index contributed by atoms with van der Waals surface area (Å²) >= 11 is 0. The fraction of sp³-hybridized carbons (Fsp3) is 0.240. The van der Waals surface area contributed by atoms with Crippen molar-refractivity contribution in [2.24, 2.45) is 0 Å².